The van der Waals surface area contributed by atoms with Crippen molar-refractivity contribution in [3.63, 3.8) is 0 Å². The number of imidazole rings is 1. The van der Waals surface area contributed by atoms with Crippen LogP contribution in [0.1, 0.15) is 16.8 Å². The largest absolute Gasteiger partial charge is 0.336 e. The first-order chi connectivity index (χ1) is 16.7. The Labute approximate surface area is 220 Å². The van der Waals surface area contributed by atoms with Crippen LogP contribution in [0.2, 0.25) is 10.0 Å². The number of nitrogens with two attached hydrogens (primary N) is 1. The lowest BCUT2D eigenvalue weighted by atomic mass is 9.80. The van der Waals surface area contributed by atoms with E-state index >= 15 is 0 Å². The van der Waals surface area contributed by atoms with Gasteiger partial charge in [0.15, 0.2) is 0 Å². The van der Waals surface area contributed by atoms with Crippen LogP contribution in [-0.4, -0.2) is 14.1 Å². The molecule has 2 heterocycles. The van der Waals surface area contributed by atoms with Gasteiger partial charge in [0.2, 0.25) is 0 Å². The van der Waals surface area contributed by atoms with Crippen molar-refractivity contribution in [2.24, 2.45) is 19.8 Å². The van der Waals surface area contributed by atoms with Crippen LogP contribution >= 0.6 is 39.1 Å². The van der Waals surface area contributed by atoms with Crippen molar-refractivity contribution in [2.45, 2.75) is 5.54 Å². The molecule has 0 spiro atoms. The Bertz CT molecular complexity index is 1660. The van der Waals surface area contributed by atoms with E-state index < -0.39 is 5.54 Å². The van der Waals surface area contributed by atoms with Crippen LogP contribution in [0, 0.1) is 0 Å². The van der Waals surface area contributed by atoms with E-state index in [2.05, 4.69) is 20.9 Å². The highest BCUT2D eigenvalue weighted by Gasteiger charge is 2.36. The average Bonchev–Trinajstić information content (AvgIpc) is 3.27. The molecule has 0 fully saturated rings. The second-order valence-corrected chi connectivity index (χ2v) is 10.2. The summed E-state index contributed by atoms with van der Waals surface area (Å²) in [6.07, 6.45) is 3.49. The molecule has 0 aliphatic heterocycles. The van der Waals surface area contributed by atoms with Gasteiger partial charge in [-0.15, -0.1) is 0 Å². The Kier molecular flexibility index (Phi) is 6.09. The summed E-state index contributed by atoms with van der Waals surface area (Å²) in [5.74, 6) is 0. The highest BCUT2D eigenvalue weighted by molar-refractivity contribution is 9.10. The number of benzene rings is 3. The normalized spacial score (nSPS) is 13.2. The van der Waals surface area contributed by atoms with Gasteiger partial charge in [0, 0.05) is 40.1 Å². The van der Waals surface area contributed by atoms with Crippen LogP contribution in [0.3, 0.4) is 0 Å². The zero-order valence-corrected chi connectivity index (χ0v) is 22.1. The molecule has 8 heteroatoms. The van der Waals surface area contributed by atoms with E-state index in [-0.39, 0.29) is 5.56 Å². The van der Waals surface area contributed by atoms with Crippen molar-refractivity contribution < 1.29 is 0 Å². The third-order valence-electron chi connectivity index (χ3n) is 6.41. The summed E-state index contributed by atoms with van der Waals surface area (Å²) in [5.41, 5.74) is 11.0. The minimum absolute atomic E-state index is 0.105. The van der Waals surface area contributed by atoms with E-state index in [1.54, 1.807) is 30.2 Å². The molecule has 176 valence electrons. The monoisotopic (exact) mass is 566 g/mol. The quantitative estimate of drug-likeness (QED) is 0.279. The van der Waals surface area contributed by atoms with Gasteiger partial charge >= 0.3 is 0 Å². The van der Waals surface area contributed by atoms with E-state index in [1.807, 2.05) is 72.3 Å². The van der Waals surface area contributed by atoms with E-state index in [0.29, 0.717) is 10.0 Å². The molecule has 0 bridgehead atoms. The molecular formula is C27H21BrCl2N4O. The smallest absolute Gasteiger partial charge is 0.251 e. The Morgan fingerprint density at radius 2 is 1.74 bits per heavy atom. The van der Waals surface area contributed by atoms with Gasteiger partial charge in [-0.2, -0.15) is 0 Å². The molecular weight excluding hydrogens is 547 g/mol. The lowest BCUT2D eigenvalue weighted by Gasteiger charge is -2.32. The average molecular weight is 568 g/mol. The predicted octanol–water partition coefficient (Wildman–Crippen LogP) is 6.26. The molecule has 0 aliphatic carbocycles. The molecule has 3 aromatic carbocycles. The fraction of sp³-hybridized carbons (Fsp3) is 0.111. The van der Waals surface area contributed by atoms with Gasteiger partial charge in [-0.05, 0) is 58.7 Å². The molecule has 0 saturated heterocycles. The maximum Gasteiger partial charge on any atom is 0.251 e. The van der Waals surface area contributed by atoms with Crippen LogP contribution < -0.4 is 11.3 Å². The summed E-state index contributed by atoms with van der Waals surface area (Å²) in [4.78, 5) is 17.1. The van der Waals surface area contributed by atoms with E-state index in [9.17, 15) is 4.79 Å². The number of hydrogen-bond donors (Lipinski definition) is 1. The zero-order chi connectivity index (χ0) is 24.9. The molecule has 35 heavy (non-hydrogen) atoms. The number of aryl methyl sites for hydroxylation is 2. The van der Waals surface area contributed by atoms with Gasteiger partial charge < -0.3 is 14.9 Å². The number of rotatable bonds is 4. The first-order valence-electron chi connectivity index (χ1n) is 10.8. The molecule has 5 aromatic rings. The predicted molar refractivity (Wildman–Crippen MR) is 146 cm³/mol. The highest BCUT2D eigenvalue weighted by Crippen LogP contribution is 2.40. The van der Waals surface area contributed by atoms with Gasteiger partial charge in [0.05, 0.1) is 23.7 Å². The third-order valence-corrected chi connectivity index (χ3v) is 7.54. The molecule has 0 unspecified atom stereocenters. The Balaban J connectivity index is 1.86. The van der Waals surface area contributed by atoms with Gasteiger partial charge in [-0.1, -0.05) is 63.4 Å². The number of fused-ring (bicyclic) bond motifs is 1. The standard InChI is InChI=1S/C27H21BrCl2N4O/c1-33-15-32-14-25(33)27(31,22-8-7-19(30)12-23(22)28)17-6-9-24-21(11-17)20(13-26(35)34(24)2)16-4-3-5-18(29)10-16/h3-15H,31H2,1-2H3/t27-/m0/s1. The van der Waals surface area contributed by atoms with E-state index in [4.69, 9.17) is 28.9 Å². The molecule has 5 rings (SSSR count). The first-order valence-corrected chi connectivity index (χ1v) is 12.4. The van der Waals surface area contributed by atoms with Gasteiger partial charge in [-0.25, -0.2) is 4.98 Å². The first kappa shape index (κ1) is 23.8. The summed E-state index contributed by atoms with van der Waals surface area (Å²) in [6.45, 7) is 0. The Morgan fingerprint density at radius 3 is 2.43 bits per heavy atom. The summed E-state index contributed by atoms with van der Waals surface area (Å²) >= 11 is 16.2. The third kappa shape index (κ3) is 4.00. The second kappa shape index (κ2) is 8.95. The summed E-state index contributed by atoms with van der Waals surface area (Å²) in [7, 11) is 3.68. The highest BCUT2D eigenvalue weighted by atomic mass is 79.9. The SMILES string of the molecule is Cn1cncc1[C@](N)(c1ccc2c(c1)c(-c1cccc(Cl)c1)cc(=O)n2C)c1ccc(Cl)cc1Br. The Hall–Kier alpha value is -2.90. The number of aromatic nitrogens is 3. The maximum atomic E-state index is 12.8. The number of nitrogens with zero attached hydrogens (tertiary/aromatic N) is 3. The fourth-order valence-electron chi connectivity index (χ4n) is 4.59. The number of hydrogen-bond acceptors (Lipinski definition) is 3. The molecule has 5 nitrogen and oxygen atoms in total. The van der Waals surface area contributed by atoms with Crippen molar-refractivity contribution >= 4 is 50.0 Å². The van der Waals surface area contributed by atoms with Crippen molar-refractivity contribution in [1.29, 1.82) is 0 Å². The maximum absolute atomic E-state index is 12.8. The lowest BCUT2D eigenvalue weighted by molar-refractivity contribution is 0.594. The fourth-order valence-corrected chi connectivity index (χ4v) is 5.77. The van der Waals surface area contributed by atoms with Crippen molar-refractivity contribution in [3.8, 4) is 11.1 Å². The summed E-state index contributed by atoms with van der Waals surface area (Å²) in [6, 6.07) is 20.6. The molecule has 2 aromatic heterocycles. The summed E-state index contributed by atoms with van der Waals surface area (Å²) in [5, 5.41) is 2.08. The van der Waals surface area contributed by atoms with Crippen LogP contribution in [0.5, 0.6) is 0 Å². The zero-order valence-electron chi connectivity index (χ0n) is 19.0. The van der Waals surface area contributed by atoms with Crippen LogP contribution in [0.25, 0.3) is 22.0 Å². The molecule has 0 radical (unpaired) electrons. The minimum atomic E-state index is -1.07. The van der Waals surface area contributed by atoms with Crippen molar-refractivity contribution in [3.05, 3.63) is 121 Å². The van der Waals surface area contributed by atoms with Gasteiger partial charge in [0.25, 0.3) is 5.56 Å². The second-order valence-electron chi connectivity index (χ2n) is 8.52. The molecule has 1 atom stereocenters. The molecule has 0 amide bonds. The van der Waals surface area contributed by atoms with Crippen LogP contribution in [-0.2, 0) is 19.6 Å². The summed E-state index contributed by atoms with van der Waals surface area (Å²) < 4.78 is 4.32. The minimum Gasteiger partial charge on any atom is -0.336 e. The number of halogens is 3. The topological polar surface area (TPSA) is 65.8 Å². The lowest BCUT2D eigenvalue weighted by Crippen LogP contribution is -2.41. The van der Waals surface area contributed by atoms with Gasteiger partial charge in [-0.3, -0.25) is 4.79 Å². The van der Waals surface area contributed by atoms with E-state index in [0.717, 1.165) is 43.3 Å². The van der Waals surface area contributed by atoms with Crippen LogP contribution in [0.4, 0.5) is 0 Å². The Morgan fingerprint density at radius 1 is 0.971 bits per heavy atom. The van der Waals surface area contributed by atoms with E-state index in [1.165, 1.54) is 0 Å². The molecule has 0 saturated carbocycles. The van der Waals surface area contributed by atoms with Gasteiger partial charge in [0.1, 0.15) is 5.54 Å². The molecule has 0 aliphatic rings. The van der Waals surface area contributed by atoms with Crippen LogP contribution in [0.15, 0.2) is 88.5 Å². The number of pyridine rings is 1. The molecule has 2 N–H and O–H groups in total. The van der Waals surface area contributed by atoms with Crippen molar-refractivity contribution in [1.82, 2.24) is 14.1 Å². The van der Waals surface area contributed by atoms with Crippen molar-refractivity contribution in [2.75, 3.05) is 0 Å².